The molecule has 0 spiro atoms. The molecule has 0 radical (unpaired) electrons. The summed E-state index contributed by atoms with van der Waals surface area (Å²) >= 11 is 9.32. The molecular weight excluding hydrogens is 321 g/mol. The van der Waals surface area contributed by atoms with Gasteiger partial charge in [-0.3, -0.25) is 4.68 Å². The first kappa shape index (κ1) is 13.4. The summed E-state index contributed by atoms with van der Waals surface area (Å²) in [6.07, 6.45) is 0. The van der Waals surface area contributed by atoms with Gasteiger partial charge < -0.3 is 5.32 Å². The third kappa shape index (κ3) is 2.67. The standard InChI is InChI=1S/C12H12BrClFN3/c1-7-9(12(14)18(2)17-7)6-16-11-4-3-8(13)5-10(11)15/h3-5,16H,6H2,1-2H3. The lowest BCUT2D eigenvalue weighted by Gasteiger charge is -2.07. The van der Waals surface area contributed by atoms with Gasteiger partial charge in [0.15, 0.2) is 0 Å². The SMILES string of the molecule is Cc1nn(C)c(Cl)c1CNc1ccc(Br)cc1F. The molecule has 0 aliphatic carbocycles. The average molecular weight is 333 g/mol. The highest BCUT2D eigenvalue weighted by Crippen LogP contribution is 2.23. The van der Waals surface area contributed by atoms with E-state index >= 15 is 0 Å². The fourth-order valence-corrected chi connectivity index (χ4v) is 2.27. The van der Waals surface area contributed by atoms with Crippen LogP contribution in [0.3, 0.4) is 0 Å². The van der Waals surface area contributed by atoms with Crippen molar-refractivity contribution in [2.24, 2.45) is 7.05 Å². The fourth-order valence-electron chi connectivity index (χ4n) is 1.69. The molecule has 18 heavy (non-hydrogen) atoms. The molecule has 1 aromatic carbocycles. The van der Waals surface area contributed by atoms with Gasteiger partial charge in [-0.2, -0.15) is 5.10 Å². The van der Waals surface area contributed by atoms with E-state index in [-0.39, 0.29) is 5.82 Å². The van der Waals surface area contributed by atoms with Gasteiger partial charge in [0, 0.05) is 23.6 Å². The van der Waals surface area contributed by atoms with E-state index in [4.69, 9.17) is 11.6 Å². The topological polar surface area (TPSA) is 29.9 Å². The number of aryl methyl sites for hydroxylation is 2. The van der Waals surface area contributed by atoms with E-state index in [0.29, 0.717) is 21.9 Å². The molecule has 2 aromatic rings. The summed E-state index contributed by atoms with van der Waals surface area (Å²) < 4.78 is 15.9. The first-order valence-electron chi connectivity index (χ1n) is 5.36. The van der Waals surface area contributed by atoms with Crippen LogP contribution in [0.2, 0.25) is 5.15 Å². The Labute approximate surface area is 118 Å². The zero-order valence-electron chi connectivity index (χ0n) is 9.97. The normalized spacial score (nSPS) is 10.7. The number of benzene rings is 1. The molecule has 0 saturated heterocycles. The van der Waals surface area contributed by atoms with Crippen molar-refractivity contribution >= 4 is 33.2 Å². The third-order valence-electron chi connectivity index (χ3n) is 2.66. The van der Waals surface area contributed by atoms with E-state index in [9.17, 15) is 4.39 Å². The number of hydrogen-bond donors (Lipinski definition) is 1. The fraction of sp³-hybridized carbons (Fsp3) is 0.250. The Bertz CT molecular complexity index is 583. The Morgan fingerprint density at radius 2 is 2.22 bits per heavy atom. The minimum atomic E-state index is -0.304. The van der Waals surface area contributed by atoms with E-state index in [1.807, 2.05) is 6.92 Å². The lowest BCUT2D eigenvalue weighted by Crippen LogP contribution is -2.02. The van der Waals surface area contributed by atoms with Crippen molar-refractivity contribution in [2.45, 2.75) is 13.5 Å². The summed E-state index contributed by atoms with van der Waals surface area (Å²) in [4.78, 5) is 0. The summed E-state index contributed by atoms with van der Waals surface area (Å²) in [6.45, 7) is 2.32. The molecule has 0 fully saturated rings. The summed E-state index contributed by atoms with van der Waals surface area (Å²) in [5.74, 6) is -0.304. The second-order valence-corrected chi connectivity index (χ2v) is 5.23. The Hall–Kier alpha value is -1.07. The zero-order chi connectivity index (χ0) is 13.3. The largest absolute Gasteiger partial charge is 0.378 e. The second-order valence-electron chi connectivity index (χ2n) is 3.96. The zero-order valence-corrected chi connectivity index (χ0v) is 12.3. The molecule has 1 N–H and O–H groups in total. The molecule has 0 aliphatic rings. The highest BCUT2D eigenvalue weighted by atomic mass is 79.9. The molecule has 0 aliphatic heterocycles. The maximum Gasteiger partial charge on any atom is 0.147 e. The molecule has 0 amide bonds. The lowest BCUT2D eigenvalue weighted by atomic mass is 10.2. The van der Waals surface area contributed by atoms with Crippen molar-refractivity contribution in [3.8, 4) is 0 Å². The van der Waals surface area contributed by atoms with Crippen LogP contribution >= 0.6 is 27.5 Å². The van der Waals surface area contributed by atoms with Crippen molar-refractivity contribution in [3.05, 3.63) is 44.9 Å². The smallest absolute Gasteiger partial charge is 0.147 e. The number of nitrogens with zero attached hydrogens (tertiary/aromatic N) is 2. The first-order chi connectivity index (χ1) is 8.49. The Kier molecular flexibility index (Phi) is 3.92. The van der Waals surface area contributed by atoms with Gasteiger partial charge in [-0.1, -0.05) is 27.5 Å². The van der Waals surface area contributed by atoms with Crippen molar-refractivity contribution < 1.29 is 4.39 Å². The van der Waals surface area contributed by atoms with Crippen LogP contribution in [0.1, 0.15) is 11.3 Å². The quantitative estimate of drug-likeness (QED) is 0.924. The Balaban J connectivity index is 2.16. The van der Waals surface area contributed by atoms with Crippen molar-refractivity contribution in [1.82, 2.24) is 9.78 Å². The van der Waals surface area contributed by atoms with Gasteiger partial charge >= 0.3 is 0 Å². The van der Waals surface area contributed by atoms with E-state index in [1.165, 1.54) is 6.07 Å². The van der Waals surface area contributed by atoms with Gasteiger partial charge in [-0.25, -0.2) is 4.39 Å². The summed E-state index contributed by atoms with van der Waals surface area (Å²) in [6, 6.07) is 4.88. The molecule has 0 saturated carbocycles. The van der Waals surface area contributed by atoms with E-state index in [1.54, 1.807) is 23.9 Å². The predicted molar refractivity (Wildman–Crippen MR) is 74.4 cm³/mol. The van der Waals surface area contributed by atoms with Crippen molar-refractivity contribution in [1.29, 1.82) is 0 Å². The summed E-state index contributed by atoms with van der Waals surface area (Å²) in [7, 11) is 1.78. The highest BCUT2D eigenvalue weighted by Gasteiger charge is 2.11. The number of rotatable bonds is 3. The van der Waals surface area contributed by atoms with Crippen LogP contribution in [0.25, 0.3) is 0 Å². The van der Waals surface area contributed by atoms with Crippen molar-refractivity contribution in [2.75, 3.05) is 5.32 Å². The summed E-state index contributed by atoms with van der Waals surface area (Å²) in [5.41, 5.74) is 2.16. The predicted octanol–water partition coefficient (Wildman–Crippen LogP) is 3.90. The molecule has 96 valence electrons. The Morgan fingerprint density at radius 3 is 2.78 bits per heavy atom. The third-order valence-corrected chi connectivity index (χ3v) is 3.62. The molecule has 0 unspecified atom stereocenters. The average Bonchev–Trinajstić information content (AvgIpc) is 2.53. The van der Waals surface area contributed by atoms with E-state index < -0.39 is 0 Å². The van der Waals surface area contributed by atoms with Crippen LogP contribution < -0.4 is 5.32 Å². The van der Waals surface area contributed by atoms with Gasteiger partial charge in [-0.15, -0.1) is 0 Å². The van der Waals surface area contributed by atoms with Crippen LogP contribution in [0.5, 0.6) is 0 Å². The summed E-state index contributed by atoms with van der Waals surface area (Å²) in [5, 5.41) is 7.79. The van der Waals surface area contributed by atoms with Crippen LogP contribution in [0, 0.1) is 12.7 Å². The second kappa shape index (κ2) is 5.28. The first-order valence-corrected chi connectivity index (χ1v) is 6.53. The number of nitrogens with one attached hydrogen (secondary N) is 1. The molecule has 0 bridgehead atoms. The minimum Gasteiger partial charge on any atom is -0.378 e. The van der Waals surface area contributed by atoms with Crippen LogP contribution in [0.4, 0.5) is 10.1 Å². The monoisotopic (exact) mass is 331 g/mol. The van der Waals surface area contributed by atoms with Crippen LogP contribution in [0.15, 0.2) is 22.7 Å². The molecule has 2 rings (SSSR count). The molecular formula is C12H12BrClFN3. The van der Waals surface area contributed by atoms with Gasteiger partial charge in [-0.05, 0) is 25.1 Å². The number of aromatic nitrogens is 2. The number of hydrogen-bond acceptors (Lipinski definition) is 2. The van der Waals surface area contributed by atoms with E-state index in [2.05, 4.69) is 26.3 Å². The van der Waals surface area contributed by atoms with Crippen LogP contribution in [-0.2, 0) is 13.6 Å². The lowest BCUT2D eigenvalue weighted by molar-refractivity contribution is 0.629. The molecule has 6 heteroatoms. The van der Waals surface area contributed by atoms with Crippen LogP contribution in [-0.4, -0.2) is 9.78 Å². The van der Waals surface area contributed by atoms with Gasteiger partial charge in [0.2, 0.25) is 0 Å². The van der Waals surface area contributed by atoms with Gasteiger partial charge in [0.05, 0.1) is 11.4 Å². The molecule has 1 heterocycles. The van der Waals surface area contributed by atoms with Crippen molar-refractivity contribution in [3.63, 3.8) is 0 Å². The maximum atomic E-state index is 13.6. The Morgan fingerprint density at radius 1 is 1.50 bits per heavy atom. The minimum absolute atomic E-state index is 0.304. The number of halogens is 3. The van der Waals surface area contributed by atoms with E-state index in [0.717, 1.165) is 11.3 Å². The highest BCUT2D eigenvalue weighted by molar-refractivity contribution is 9.10. The molecule has 1 aromatic heterocycles. The molecule has 0 atom stereocenters. The number of anilines is 1. The maximum absolute atomic E-state index is 13.6. The molecule has 3 nitrogen and oxygen atoms in total. The van der Waals surface area contributed by atoms with Gasteiger partial charge in [0.25, 0.3) is 0 Å². The van der Waals surface area contributed by atoms with Gasteiger partial charge in [0.1, 0.15) is 11.0 Å².